The van der Waals surface area contributed by atoms with Gasteiger partial charge in [0.1, 0.15) is 11.3 Å². The molecule has 158 valence electrons. The normalized spacial score (nSPS) is 17.0. The van der Waals surface area contributed by atoms with Crippen molar-refractivity contribution in [2.45, 2.75) is 44.9 Å². The molecule has 0 aliphatic heterocycles. The Balaban J connectivity index is 1.68. The van der Waals surface area contributed by atoms with E-state index in [2.05, 4.69) is 25.5 Å². The smallest absolute Gasteiger partial charge is 0.270 e. The third kappa shape index (κ3) is 3.79. The van der Waals surface area contributed by atoms with Gasteiger partial charge in [-0.15, -0.1) is 0 Å². The standard InChI is InChI=1S/C22H24N2O5S/c1-22(2,3)14-7-9-20-18(11-14)19-12-15(8-10-21(19)29-20)23-30(27,28)17-6-4-5-16(13-17)24(25)26/h4-6,8,10,12-14,23H,7,9,11H2,1-3H3/t14-/m0/s1. The van der Waals surface area contributed by atoms with Crippen molar-refractivity contribution in [3.8, 4) is 0 Å². The van der Waals surface area contributed by atoms with Crippen LogP contribution in [0.25, 0.3) is 11.0 Å². The molecule has 0 radical (unpaired) electrons. The Morgan fingerprint density at radius 2 is 1.93 bits per heavy atom. The van der Waals surface area contributed by atoms with E-state index < -0.39 is 14.9 Å². The maximum absolute atomic E-state index is 12.8. The summed E-state index contributed by atoms with van der Waals surface area (Å²) in [5.41, 5.74) is 2.20. The van der Waals surface area contributed by atoms with Gasteiger partial charge in [0.2, 0.25) is 0 Å². The minimum absolute atomic E-state index is 0.154. The molecule has 1 aliphatic rings. The van der Waals surface area contributed by atoms with Gasteiger partial charge in [0.05, 0.1) is 9.82 Å². The summed E-state index contributed by atoms with van der Waals surface area (Å²) < 4.78 is 34.1. The number of hydrogen-bond acceptors (Lipinski definition) is 5. The lowest BCUT2D eigenvalue weighted by Gasteiger charge is -2.33. The van der Waals surface area contributed by atoms with Crippen molar-refractivity contribution in [2.24, 2.45) is 11.3 Å². The molecule has 0 spiro atoms. The van der Waals surface area contributed by atoms with Gasteiger partial charge in [-0.3, -0.25) is 14.8 Å². The molecule has 1 atom stereocenters. The zero-order valence-electron chi connectivity index (χ0n) is 17.1. The molecular weight excluding hydrogens is 404 g/mol. The van der Waals surface area contributed by atoms with Crippen molar-refractivity contribution >= 4 is 32.4 Å². The number of nitrogens with one attached hydrogen (secondary N) is 1. The van der Waals surface area contributed by atoms with Crippen molar-refractivity contribution in [3.05, 3.63) is 63.9 Å². The van der Waals surface area contributed by atoms with Crippen LogP contribution in [0.5, 0.6) is 0 Å². The van der Waals surface area contributed by atoms with Crippen LogP contribution >= 0.6 is 0 Å². The third-order valence-electron chi connectivity index (χ3n) is 5.86. The van der Waals surface area contributed by atoms with Crippen LogP contribution in [-0.4, -0.2) is 13.3 Å². The third-order valence-corrected chi connectivity index (χ3v) is 7.24. The highest BCUT2D eigenvalue weighted by molar-refractivity contribution is 7.92. The van der Waals surface area contributed by atoms with Crippen LogP contribution in [-0.2, 0) is 22.9 Å². The second-order valence-electron chi connectivity index (χ2n) is 8.88. The lowest BCUT2D eigenvalue weighted by Crippen LogP contribution is -2.26. The summed E-state index contributed by atoms with van der Waals surface area (Å²) in [6.07, 6.45) is 2.84. The van der Waals surface area contributed by atoms with Crippen LogP contribution in [0.2, 0.25) is 0 Å². The number of anilines is 1. The lowest BCUT2D eigenvalue weighted by atomic mass is 9.71. The highest BCUT2D eigenvalue weighted by Gasteiger charge is 2.31. The van der Waals surface area contributed by atoms with Crippen molar-refractivity contribution in [1.29, 1.82) is 0 Å². The van der Waals surface area contributed by atoms with Crippen LogP contribution in [0.3, 0.4) is 0 Å². The molecule has 0 saturated heterocycles. The average molecular weight is 429 g/mol. The fourth-order valence-corrected chi connectivity index (χ4v) is 5.15. The number of nitro benzene ring substituents is 1. The quantitative estimate of drug-likeness (QED) is 0.449. The molecular formula is C22H24N2O5S. The van der Waals surface area contributed by atoms with Crippen molar-refractivity contribution < 1.29 is 17.8 Å². The van der Waals surface area contributed by atoms with Gasteiger partial charge in [-0.05, 0) is 48.4 Å². The highest BCUT2D eigenvalue weighted by Crippen LogP contribution is 2.41. The Morgan fingerprint density at radius 1 is 1.17 bits per heavy atom. The molecule has 0 saturated carbocycles. The minimum Gasteiger partial charge on any atom is -0.461 e. The molecule has 1 aromatic heterocycles. The number of hydrogen-bond donors (Lipinski definition) is 1. The topological polar surface area (TPSA) is 102 Å². The van der Waals surface area contributed by atoms with Gasteiger partial charge in [0.25, 0.3) is 15.7 Å². The number of fused-ring (bicyclic) bond motifs is 3. The SMILES string of the molecule is CC(C)(C)[C@H]1CCc2oc3ccc(NS(=O)(=O)c4cccc([N+](=O)[O-])c4)cc3c2C1. The largest absolute Gasteiger partial charge is 0.461 e. The number of non-ortho nitro benzene ring substituents is 1. The molecule has 0 fully saturated rings. The van der Waals surface area contributed by atoms with Crippen molar-refractivity contribution in [3.63, 3.8) is 0 Å². The van der Waals surface area contributed by atoms with Crippen molar-refractivity contribution in [2.75, 3.05) is 4.72 Å². The number of benzene rings is 2. The molecule has 1 N–H and O–H groups in total. The lowest BCUT2D eigenvalue weighted by molar-refractivity contribution is -0.385. The Labute approximate surface area is 175 Å². The number of nitrogens with zero attached hydrogens (tertiary/aromatic N) is 1. The van der Waals surface area contributed by atoms with Crippen LogP contribution in [0.1, 0.15) is 38.5 Å². The van der Waals surface area contributed by atoms with E-state index in [1.54, 1.807) is 18.2 Å². The monoisotopic (exact) mass is 428 g/mol. The van der Waals surface area contributed by atoms with E-state index in [-0.39, 0.29) is 16.0 Å². The van der Waals surface area contributed by atoms with Crippen LogP contribution in [0.4, 0.5) is 11.4 Å². The highest BCUT2D eigenvalue weighted by atomic mass is 32.2. The van der Waals surface area contributed by atoms with E-state index >= 15 is 0 Å². The maximum atomic E-state index is 12.8. The summed E-state index contributed by atoms with van der Waals surface area (Å²) in [6, 6.07) is 10.2. The van der Waals surface area contributed by atoms with Crippen LogP contribution in [0.15, 0.2) is 51.8 Å². The number of furan rings is 1. The molecule has 4 rings (SSSR count). The van der Waals surface area contributed by atoms with E-state index in [4.69, 9.17) is 4.42 Å². The summed E-state index contributed by atoms with van der Waals surface area (Å²) in [5.74, 6) is 1.50. The Bertz CT molecular complexity index is 1240. The fourth-order valence-electron chi connectivity index (χ4n) is 4.06. The first-order chi connectivity index (χ1) is 14.0. The molecule has 30 heavy (non-hydrogen) atoms. The summed E-state index contributed by atoms with van der Waals surface area (Å²) in [5, 5.41) is 11.9. The second kappa shape index (κ2) is 7.12. The minimum atomic E-state index is -3.96. The zero-order chi connectivity index (χ0) is 21.7. The van der Waals surface area contributed by atoms with Gasteiger partial charge in [-0.2, -0.15) is 0 Å². The van der Waals surface area contributed by atoms with Gasteiger partial charge in [0.15, 0.2) is 0 Å². The zero-order valence-corrected chi connectivity index (χ0v) is 18.0. The molecule has 1 heterocycles. The van der Waals surface area contributed by atoms with E-state index in [1.165, 1.54) is 18.2 Å². The average Bonchev–Trinajstić information content (AvgIpc) is 3.04. The molecule has 0 bridgehead atoms. The molecule has 8 heteroatoms. The second-order valence-corrected chi connectivity index (χ2v) is 10.6. The molecule has 7 nitrogen and oxygen atoms in total. The predicted molar refractivity (Wildman–Crippen MR) is 115 cm³/mol. The van der Waals surface area contributed by atoms with Crippen LogP contribution < -0.4 is 4.72 Å². The Hall–Kier alpha value is -2.87. The first kappa shape index (κ1) is 20.4. The Morgan fingerprint density at radius 3 is 2.63 bits per heavy atom. The van der Waals surface area contributed by atoms with Gasteiger partial charge in [-0.25, -0.2) is 8.42 Å². The molecule has 0 unspecified atom stereocenters. The summed E-state index contributed by atoms with van der Waals surface area (Å²) >= 11 is 0. The number of nitro groups is 1. The molecule has 1 aliphatic carbocycles. The first-order valence-electron chi connectivity index (χ1n) is 9.86. The number of sulfonamides is 1. The van der Waals surface area contributed by atoms with E-state index in [9.17, 15) is 18.5 Å². The van der Waals surface area contributed by atoms with Crippen molar-refractivity contribution in [1.82, 2.24) is 0 Å². The van der Waals surface area contributed by atoms with E-state index in [0.29, 0.717) is 11.6 Å². The predicted octanol–water partition coefficient (Wildman–Crippen LogP) is 5.29. The van der Waals surface area contributed by atoms with Gasteiger partial charge < -0.3 is 4.42 Å². The van der Waals surface area contributed by atoms with Gasteiger partial charge >= 0.3 is 0 Å². The molecule has 2 aromatic carbocycles. The summed E-state index contributed by atoms with van der Waals surface area (Å²) in [4.78, 5) is 10.2. The van der Waals surface area contributed by atoms with Gasteiger partial charge in [0, 0.05) is 35.2 Å². The van der Waals surface area contributed by atoms with E-state index in [0.717, 1.165) is 47.6 Å². The maximum Gasteiger partial charge on any atom is 0.270 e. The fraction of sp³-hybridized carbons (Fsp3) is 0.364. The Kier molecular flexibility index (Phi) is 4.85. The van der Waals surface area contributed by atoms with Crippen LogP contribution in [0, 0.1) is 21.4 Å². The molecule has 3 aromatic rings. The van der Waals surface area contributed by atoms with E-state index in [1.807, 2.05) is 0 Å². The number of aryl methyl sites for hydroxylation is 1. The first-order valence-corrected chi connectivity index (χ1v) is 11.3. The summed E-state index contributed by atoms with van der Waals surface area (Å²) in [6.45, 7) is 6.72. The van der Waals surface area contributed by atoms with Gasteiger partial charge in [-0.1, -0.05) is 26.8 Å². The molecule has 0 amide bonds. The number of rotatable bonds is 4. The summed E-state index contributed by atoms with van der Waals surface area (Å²) in [7, 11) is -3.96.